The van der Waals surface area contributed by atoms with E-state index < -0.39 is 0 Å². The van der Waals surface area contributed by atoms with Gasteiger partial charge in [-0.3, -0.25) is 5.43 Å². The summed E-state index contributed by atoms with van der Waals surface area (Å²) in [5.41, 5.74) is 4.71. The van der Waals surface area contributed by atoms with Gasteiger partial charge in [0.15, 0.2) is 0 Å². The van der Waals surface area contributed by atoms with Gasteiger partial charge in [0.25, 0.3) is 0 Å². The van der Waals surface area contributed by atoms with Crippen molar-refractivity contribution in [1.29, 1.82) is 0 Å². The molecule has 2 aromatic rings. The molecule has 0 bridgehead atoms. The Kier molecular flexibility index (Phi) is 4.02. The van der Waals surface area contributed by atoms with Gasteiger partial charge in [0, 0.05) is 0 Å². The minimum atomic E-state index is 0.506. The number of nitrogens with zero attached hydrogens (tertiary/aromatic N) is 1. The second kappa shape index (κ2) is 5.71. The van der Waals surface area contributed by atoms with Gasteiger partial charge in [0.2, 0.25) is 0 Å². The summed E-state index contributed by atoms with van der Waals surface area (Å²) in [5.74, 6) is 0. The van der Waals surface area contributed by atoms with Crippen LogP contribution >= 0.6 is 23.2 Å². The Morgan fingerprint density at radius 3 is 2.41 bits per heavy atom. The number of benzene rings is 2. The molecule has 0 aromatic heterocycles. The molecule has 86 valence electrons. The van der Waals surface area contributed by atoms with Crippen molar-refractivity contribution in [3.05, 3.63) is 64.1 Å². The molecule has 0 amide bonds. The molecule has 0 aliphatic carbocycles. The maximum Gasteiger partial charge on any atom is 0.0613 e. The number of nitrogens with one attached hydrogen (secondary N) is 1. The number of halogens is 2. The van der Waals surface area contributed by atoms with Crippen molar-refractivity contribution in [3.8, 4) is 0 Å². The van der Waals surface area contributed by atoms with E-state index >= 15 is 0 Å². The first-order chi connectivity index (χ1) is 8.25. The molecule has 0 spiro atoms. The average molecular weight is 265 g/mol. The fourth-order valence-electron chi connectivity index (χ4n) is 1.29. The van der Waals surface area contributed by atoms with Gasteiger partial charge in [-0.2, -0.15) is 5.10 Å². The monoisotopic (exact) mass is 264 g/mol. The first kappa shape index (κ1) is 12.0. The van der Waals surface area contributed by atoms with Crippen molar-refractivity contribution in [3.63, 3.8) is 0 Å². The normalized spacial score (nSPS) is 10.7. The predicted octanol–water partition coefficient (Wildman–Crippen LogP) is 4.44. The van der Waals surface area contributed by atoms with E-state index in [1.807, 2.05) is 36.4 Å². The Labute approximate surface area is 110 Å². The van der Waals surface area contributed by atoms with E-state index in [9.17, 15) is 0 Å². The highest BCUT2D eigenvalue weighted by Gasteiger charge is 1.97. The summed E-state index contributed by atoms with van der Waals surface area (Å²) in [4.78, 5) is 0. The number of anilines is 1. The van der Waals surface area contributed by atoms with Crippen molar-refractivity contribution in [2.75, 3.05) is 5.43 Å². The molecule has 0 unspecified atom stereocenters. The quantitative estimate of drug-likeness (QED) is 0.644. The van der Waals surface area contributed by atoms with E-state index in [0.717, 1.165) is 11.3 Å². The van der Waals surface area contributed by atoms with Gasteiger partial charge in [-0.05, 0) is 23.8 Å². The third kappa shape index (κ3) is 3.48. The first-order valence-corrected chi connectivity index (χ1v) is 5.80. The molecule has 0 atom stereocenters. The van der Waals surface area contributed by atoms with Crippen molar-refractivity contribution in [2.24, 2.45) is 5.10 Å². The summed E-state index contributed by atoms with van der Waals surface area (Å²) in [6.07, 6.45) is 1.74. The zero-order chi connectivity index (χ0) is 12.1. The lowest BCUT2D eigenvalue weighted by atomic mass is 10.2. The second-order valence-electron chi connectivity index (χ2n) is 3.41. The minimum absolute atomic E-state index is 0.506. The average Bonchev–Trinajstić information content (AvgIpc) is 2.35. The predicted molar refractivity (Wildman–Crippen MR) is 74.1 cm³/mol. The molecule has 2 rings (SSSR count). The van der Waals surface area contributed by atoms with E-state index in [2.05, 4.69) is 10.5 Å². The van der Waals surface area contributed by atoms with Gasteiger partial charge in [-0.25, -0.2) is 0 Å². The van der Waals surface area contributed by atoms with Crippen LogP contribution in [0.5, 0.6) is 0 Å². The standard InChI is InChI=1S/C13H10Cl2N2/c14-12-7-6-11(8-13(12)15)17-16-9-10-4-2-1-3-5-10/h1-9,17H/b16-9-. The van der Waals surface area contributed by atoms with Crippen LogP contribution in [0.15, 0.2) is 53.6 Å². The number of hydrogen-bond donors (Lipinski definition) is 1. The molecule has 0 fully saturated rings. The van der Waals surface area contributed by atoms with E-state index in [1.54, 1.807) is 18.3 Å². The van der Waals surface area contributed by atoms with Crippen LogP contribution < -0.4 is 5.43 Å². The number of rotatable bonds is 3. The third-order valence-corrected chi connectivity index (χ3v) is 2.87. The molecule has 0 saturated carbocycles. The largest absolute Gasteiger partial charge is 0.278 e. The summed E-state index contributed by atoms with van der Waals surface area (Å²) < 4.78 is 0. The molecule has 17 heavy (non-hydrogen) atoms. The van der Waals surface area contributed by atoms with Gasteiger partial charge < -0.3 is 0 Å². The fraction of sp³-hybridized carbons (Fsp3) is 0. The van der Waals surface area contributed by atoms with Gasteiger partial charge >= 0.3 is 0 Å². The lowest BCUT2D eigenvalue weighted by molar-refractivity contribution is 1.35. The van der Waals surface area contributed by atoms with Gasteiger partial charge in [-0.1, -0.05) is 53.5 Å². The molecule has 2 aromatic carbocycles. The minimum Gasteiger partial charge on any atom is -0.278 e. The first-order valence-electron chi connectivity index (χ1n) is 5.05. The maximum atomic E-state index is 5.89. The molecule has 0 radical (unpaired) electrons. The Morgan fingerprint density at radius 1 is 0.941 bits per heavy atom. The van der Waals surface area contributed by atoms with Crippen molar-refractivity contribution >= 4 is 35.1 Å². The van der Waals surface area contributed by atoms with E-state index in [-0.39, 0.29) is 0 Å². The zero-order valence-electron chi connectivity index (χ0n) is 8.90. The zero-order valence-corrected chi connectivity index (χ0v) is 10.4. The van der Waals surface area contributed by atoms with Crippen molar-refractivity contribution in [2.45, 2.75) is 0 Å². The smallest absolute Gasteiger partial charge is 0.0613 e. The molecular weight excluding hydrogens is 255 g/mol. The summed E-state index contributed by atoms with van der Waals surface area (Å²) >= 11 is 11.7. The van der Waals surface area contributed by atoms with Crippen LogP contribution in [0.25, 0.3) is 0 Å². The molecule has 0 aliphatic heterocycles. The molecule has 4 heteroatoms. The van der Waals surface area contributed by atoms with Gasteiger partial charge in [0.1, 0.15) is 0 Å². The molecule has 1 N–H and O–H groups in total. The van der Waals surface area contributed by atoms with E-state index in [0.29, 0.717) is 10.0 Å². The summed E-state index contributed by atoms with van der Waals surface area (Å²) in [6.45, 7) is 0. The molecule has 2 nitrogen and oxygen atoms in total. The summed E-state index contributed by atoms with van der Waals surface area (Å²) in [5, 5.41) is 5.14. The Morgan fingerprint density at radius 2 is 1.71 bits per heavy atom. The summed E-state index contributed by atoms with van der Waals surface area (Å²) in [7, 11) is 0. The van der Waals surface area contributed by atoms with Gasteiger partial charge in [-0.15, -0.1) is 0 Å². The molecule has 0 saturated heterocycles. The van der Waals surface area contributed by atoms with E-state index in [1.165, 1.54) is 0 Å². The molecular formula is C13H10Cl2N2. The van der Waals surface area contributed by atoms with Crippen LogP contribution in [0.4, 0.5) is 5.69 Å². The van der Waals surface area contributed by atoms with Crippen LogP contribution in [0.3, 0.4) is 0 Å². The van der Waals surface area contributed by atoms with Crippen molar-refractivity contribution in [1.82, 2.24) is 0 Å². The lowest BCUT2D eigenvalue weighted by Gasteiger charge is -2.01. The fourth-order valence-corrected chi connectivity index (χ4v) is 1.58. The van der Waals surface area contributed by atoms with Crippen LogP contribution in [-0.4, -0.2) is 6.21 Å². The topological polar surface area (TPSA) is 24.4 Å². The molecule has 0 aliphatic rings. The van der Waals surface area contributed by atoms with Crippen LogP contribution in [0.1, 0.15) is 5.56 Å². The highest BCUT2D eigenvalue weighted by atomic mass is 35.5. The Hall–Kier alpha value is -1.51. The Bertz CT molecular complexity index is 524. The molecule has 0 heterocycles. The summed E-state index contributed by atoms with van der Waals surface area (Å²) in [6, 6.07) is 15.1. The second-order valence-corrected chi connectivity index (χ2v) is 4.22. The SMILES string of the molecule is Clc1ccc(N/N=C\c2ccccc2)cc1Cl. The lowest BCUT2D eigenvalue weighted by Crippen LogP contribution is -1.90. The highest BCUT2D eigenvalue weighted by Crippen LogP contribution is 2.24. The van der Waals surface area contributed by atoms with E-state index in [4.69, 9.17) is 23.2 Å². The van der Waals surface area contributed by atoms with Gasteiger partial charge in [0.05, 0.1) is 21.9 Å². The number of hydrazone groups is 1. The Balaban J connectivity index is 2.03. The van der Waals surface area contributed by atoms with Crippen molar-refractivity contribution < 1.29 is 0 Å². The van der Waals surface area contributed by atoms with Crippen LogP contribution in [-0.2, 0) is 0 Å². The third-order valence-electron chi connectivity index (χ3n) is 2.13. The maximum absolute atomic E-state index is 5.89. The van der Waals surface area contributed by atoms with Crippen LogP contribution in [0.2, 0.25) is 10.0 Å². The number of hydrogen-bond acceptors (Lipinski definition) is 2. The van der Waals surface area contributed by atoms with Crippen LogP contribution in [0, 0.1) is 0 Å². The highest BCUT2D eigenvalue weighted by molar-refractivity contribution is 6.42.